The quantitative estimate of drug-likeness (QED) is 0.711. The molecule has 1 aromatic carbocycles. The lowest BCUT2D eigenvalue weighted by Gasteiger charge is -2.04. The number of pyridine rings is 1. The SMILES string of the molecule is Cc1nc2ccc(N)cn2c1-c1cccc(F)c1. The summed E-state index contributed by atoms with van der Waals surface area (Å²) in [6.45, 7) is 1.91. The normalized spacial score (nSPS) is 11.0. The van der Waals surface area contributed by atoms with Gasteiger partial charge in [0.15, 0.2) is 0 Å². The largest absolute Gasteiger partial charge is 0.398 e. The molecule has 0 aliphatic rings. The van der Waals surface area contributed by atoms with Crippen LogP contribution in [0, 0.1) is 12.7 Å². The van der Waals surface area contributed by atoms with Gasteiger partial charge in [0.05, 0.1) is 11.4 Å². The molecule has 2 heterocycles. The van der Waals surface area contributed by atoms with Crippen LogP contribution in [0.4, 0.5) is 10.1 Å². The number of nitrogens with two attached hydrogens (primary N) is 1. The number of nitrogens with zero attached hydrogens (tertiary/aromatic N) is 2. The molecule has 0 saturated heterocycles. The number of hydrogen-bond acceptors (Lipinski definition) is 2. The van der Waals surface area contributed by atoms with Crippen molar-refractivity contribution in [1.29, 1.82) is 0 Å². The molecule has 3 nitrogen and oxygen atoms in total. The van der Waals surface area contributed by atoms with Crippen LogP contribution in [-0.4, -0.2) is 9.38 Å². The molecule has 0 spiro atoms. The molecule has 3 aromatic rings. The molecular formula is C14H12FN3. The van der Waals surface area contributed by atoms with Gasteiger partial charge in [-0.05, 0) is 31.2 Å². The van der Waals surface area contributed by atoms with Crippen LogP contribution in [0.1, 0.15) is 5.69 Å². The minimum atomic E-state index is -0.259. The maximum atomic E-state index is 13.3. The Morgan fingerprint density at radius 2 is 2.06 bits per heavy atom. The standard InChI is InChI=1S/C14H12FN3/c1-9-14(10-3-2-4-11(15)7-10)18-8-12(16)5-6-13(18)17-9/h2-8H,16H2,1H3. The third-order valence-electron chi connectivity index (χ3n) is 2.91. The first kappa shape index (κ1) is 10.8. The van der Waals surface area contributed by atoms with E-state index in [9.17, 15) is 4.39 Å². The van der Waals surface area contributed by atoms with Crippen molar-refractivity contribution < 1.29 is 4.39 Å². The first-order valence-corrected chi connectivity index (χ1v) is 5.65. The van der Waals surface area contributed by atoms with E-state index in [0.29, 0.717) is 5.69 Å². The number of aromatic nitrogens is 2. The average Bonchev–Trinajstić information content (AvgIpc) is 2.64. The molecule has 0 aliphatic heterocycles. The highest BCUT2D eigenvalue weighted by Crippen LogP contribution is 2.26. The smallest absolute Gasteiger partial charge is 0.137 e. The number of fused-ring (bicyclic) bond motifs is 1. The fourth-order valence-corrected chi connectivity index (χ4v) is 2.16. The number of aryl methyl sites for hydroxylation is 1. The number of benzene rings is 1. The molecule has 0 fully saturated rings. The van der Waals surface area contributed by atoms with Crippen LogP contribution in [0.2, 0.25) is 0 Å². The van der Waals surface area contributed by atoms with Gasteiger partial charge in [-0.25, -0.2) is 9.37 Å². The maximum Gasteiger partial charge on any atom is 0.137 e. The summed E-state index contributed by atoms with van der Waals surface area (Å²) < 4.78 is 15.2. The zero-order valence-electron chi connectivity index (χ0n) is 9.89. The van der Waals surface area contributed by atoms with Gasteiger partial charge in [0.25, 0.3) is 0 Å². The van der Waals surface area contributed by atoms with Crippen molar-refractivity contribution >= 4 is 11.3 Å². The van der Waals surface area contributed by atoms with Gasteiger partial charge in [-0.3, -0.25) is 4.40 Å². The van der Waals surface area contributed by atoms with E-state index in [1.807, 2.05) is 23.5 Å². The fraction of sp³-hybridized carbons (Fsp3) is 0.0714. The molecule has 3 rings (SSSR count). The van der Waals surface area contributed by atoms with Crippen LogP contribution >= 0.6 is 0 Å². The summed E-state index contributed by atoms with van der Waals surface area (Å²) in [6, 6.07) is 10.1. The Kier molecular flexibility index (Phi) is 2.30. The molecule has 0 amide bonds. The predicted molar refractivity (Wildman–Crippen MR) is 69.7 cm³/mol. The summed E-state index contributed by atoms with van der Waals surface area (Å²) in [5, 5.41) is 0. The van der Waals surface area contributed by atoms with E-state index in [1.165, 1.54) is 12.1 Å². The van der Waals surface area contributed by atoms with Crippen LogP contribution in [0.15, 0.2) is 42.6 Å². The molecule has 2 N–H and O–H groups in total. The molecular weight excluding hydrogens is 229 g/mol. The van der Waals surface area contributed by atoms with Crippen LogP contribution in [0.3, 0.4) is 0 Å². The second-order valence-electron chi connectivity index (χ2n) is 4.25. The van der Waals surface area contributed by atoms with Gasteiger partial charge >= 0.3 is 0 Å². The molecule has 90 valence electrons. The molecule has 18 heavy (non-hydrogen) atoms. The summed E-state index contributed by atoms with van der Waals surface area (Å²) in [4.78, 5) is 4.45. The molecule has 0 bridgehead atoms. The third-order valence-corrected chi connectivity index (χ3v) is 2.91. The molecule has 0 unspecified atom stereocenters. The topological polar surface area (TPSA) is 43.3 Å². The maximum absolute atomic E-state index is 13.3. The van der Waals surface area contributed by atoms with Crippen molar-refractivity contribution in [3.05, 3.63) is 54.1 Å². The van der Waals surface area contributed by atoms with E-state index in [0.717, 1.165) is 22.6 Å². The number of hydrogen-bond donors (Lipinski definition) is 1. The zero-order valence-corrected chi connectivity index (χ0v) is 9.89. The Balaban J connectivity index is 2.34. The first-order valence-electron chi connectivity index (χ1n) is 5.65. The van der Waals surface area contributed by atoms with Crippen LogP contribution in [-0.2, 0) is 0 Å². The van der Waals surface area contributed by atoms with E-state index < -0.39 is 0 Å². The summed E-state index contributed by atoms with van der Waals surface area (Å²) in [6.07, 6.45) is 1.80. The van der Waals surface area contributed by atoms with Crippen LogP contribution in [0.5, 0.6) is 0 Å². The van der Waals surface area contributed by atoms with E-state index in [1.54, 1.807) is 18.3 Å². The molecule has 2 aromatic heterocycles. The lowest BCUT2D eigenvalue weighted by Crippen LogP contribution is -1.93. The Bertz CT molecular complexity index is 731. The van der Waals surface area contributed by atoms with Crippen LogP contribution < -0.4 is 5.73 Å². The van der Waals surface area contributed by atoms with Gasteiger partial charge in [0.1, 0.15) is 11.5 Å². The van der Waals surface area contributed by atoms with E-state index in [2.05, 4.69) is 4.98 Å². The van der Waals surface area contributed by atoms with Gasteiger partial charge in [0, 0.05) is 17.4 Å². The van der Waals surface area contributed by atoms with Crippen molar-refractivity contribution in [1.82, 2.24) is 9.38 Å². The first-order chi connectivity index (χ1) is 8.65. The molecule has 0 aliphatic carbocycles. The summed E-state index contributed by atoms with van der Waals surface area (Å²) in [5.41, 5.74) is 9.77. The van der Waals surface area contributed by atoms with Gasteiger partial charge in [0.2, 0.25) is 0 Å². The Morgan fingerprint density at radius 1 is 1.22 bits per heavy atom. The highest BCUT2D eigenvalue weighted by Gasteiger charge is 2.11. The Hall–Kier alpha value is -2.36. The zero-order chi connectivity index (χ0) is 12.7. The number of halogens is 1. The van der Waals surface area contributed by atoms with Gasteiger partial charge in [-0.15, -0.1) is 0 Å². The van der Waals surface area contributed by atoms with E-state index in [-0.39, 0.29) is 5.82 Å². The minimum absolute atomic E-state index is 0.259. The second kappa shape index (κ2) is 3.84. The summed E-state index contributed by atoms with van der Waals surface area (Å²) in [7, 11) is 0. The molecule has 0 saturated carbocycles. The van der Waals surface area contributed by atoms with Crippen LogP contribution in [0.25, 0.3) is 16.9 Å². The number of nitrogen functional groups attached to an aromatic ring is 1. The van der Waals surface area contributed by atoms with E-state index in [4.69, 9.17) is 5.73 Å². The molecule has 0 radical (unpaired) electrons. The lowest BCUT2D eigenvalue weighted by molar-refractivity contribution is 0.628. The van der Waals surface area contributed by atoms with Crippen molar-refractivity contribution in [2.75, 3.05) is 5.73 Å². The van der Waals surface area contributed by atoms with Crippen molar-refractivity contribution in [3.8, 4) is 11.3 Å². The van der Waals surface area contributed by atoms with Crippen molar-refractivity contribution in [3.63, 3.8) is 0 Å². The van der Waals surface area contributed by atoms with Gasteiger partial charge in [-0.2, -0.15) is 0 Å². The molecule has 4 heteroatoms. The Labute approximate surface area is 104 Å². The predicted octanol–water partition coefficient (Wildman–Crippen LogP) is 3.03. The minimum Gasteiger partial charge on any atom is -0.398 e. The average molecular weight is 241 g/mol. The Morgan fingerprint density at radius 3 is 2.83 bits per heavy atom. The van der Waals surface area contributed by atoms with Crippen molar-refractivity contribution in [2.24, 2.45) is 0 Å². The van der Waals surface area contributed by atoms with Gasteiger partial charge in [-0.1, -0.05) is 12.1 Å². The second-order valence-corrected chi connectivity index (χ2v) is 4.25. The number of imidazole rings is 1. The third kappa shape index (κ3) is 1.62. The molecule has 0 atom stereocenters. The fourth-order valence-electron chi connectivity index (χ4n) is 2.16. The number of anilines is 1. The summed E-state index contributed by atoms with van der Waals surface area (Å²) in [5.74, 6) is -0.259. The lowest BCUT2D eigenvalue weighted by atomic mass is 10.1. The van der Waals surface area contributed by atoms with E-state index >= 15 is 0 Å². The highest BCUT2D eigenvalue weighted by atomic mass is 19.1. The summed E-state index contributed by atoms with van der Waals surface area (Å²) >= 11 is 0. The van der Waals surface area contributed by atoms with Crippen molar-refractivity contribution in [2.45, 2.75) is 6.92 Å². The monoisotopic (exact) mass is 241 g/mol. The highest BCUT2D eigenvalue weighted by molar-refractivity contribution is 5.68. The number of rotatable bonds is 1. The van der Waals surface area contributed by atoms with Gasteiger partial charge < -0.3 is 5.73 Å².